The second-order valence-electron chi connectivity index (χ2n) is 8.04. The Morgan fingerprint density at radius 2 is 1.58 bits per heavy atom. The van der Waals surface area contributed by atoms with E-state index in [1.165, 1.54) is 4.57 Å². The van der Waals surface area contributed by atoms with Crippen LogP contribution < -0.4 is 11.2 Å². The maximum atomic E-state index is 13.7. The molecule has 0 bridgehead atoms. The predicted molar refractivity (Wildman–Crippen MR) is 123 cm³/mol. The van der Waals surface area contributed by atoms with Crippen molar-refractivity contribution in [1.82, 2.24) is 9.13 Å². The highest BCUT2D eigenvalue weighted by molar-refractivity contribution is 6.02. The number of hydrogen-bond acceptors (Lipinski definition) is 3. The lowest BCUT2D eigenvalue weighted by Crippen LogP contribution is -2.39. The molecule has 0 amide bonds. The van der Waals surface area contributed by atoms with Crippen molar-refractivity contribution < 1.29 is 4.42 Å². The quantitative estimate of drug-likeness (QED) is 0.426. The van der Waals surface area contributed by atoms with Gasteiger partial charge in [-0.05, 0) is 61.7 Å². The summed E-state index contributed by atoms with van der Waals surface area (Å²) < 4.78 is 8.81. The number of aromatic nitrogens is 2. The van der Waals surface area contributed by atoms with Crippen molar-refractivity contribution >= 4 is 22.1 Å². The standard InChI is InChI=1S/C26H22N2O3/c1-16-8-11-19(12-9-16)15-27-23-21-6-4-5-7-22(21)31-24(23)25(29)28(26(27)30)20-13-10-17(2)18(3)14-20/h4-14H,15H2,1-3H3. The van der Waals surface area contributed by atoms with Crippen molar-refractivity contribution in [2.75, 3.05) is 0 Å². The lowest BCUT2D eigenvalue weighted by Gasteiger charge is -2.13. The normalized spacial score (nSPS) is 11.5. The summed E-state index contributed by atoms with van der Waals surface area (Å²) in [5, 5.41) is 0.756. The number of nitrogens with zero attached hydrogens (tertiary/aromatic N) is 2. The molecular weight excluding hydrogens is 388 g/mol. The van der Waals surface area contributed by atoms with E-state index in [2.05, 4.69) is 0 Å². The average Bonchev–Trinajstić information content (AvgIpc) is 3.15. The van der Waals surface area contributed by atoms with Gasteiger partial charge in [-0.15, -0.1) is 0 Å². The van der Waals surface area contributed by atoms with Crippen LogP contribution in [0, 0.1) is 20.8 Å². The Balaban J connectivity index is 1.88. The van der Waals surface area contributed by atoms with Crippen LogP contribution in [0.2, 0.25) is 0 Å². The Kier molecular flexibility index (Phi) is 4.40. The van der Waals surface area contributed by atoms with Gasteiger partial charge in [0, 0.05) is 5.39 Å². The zero-order chi connectivity index (χ0) is 21.7. The largest absolute Gasteiger partial charge is 0.449 e. The van der Waals surface area contributed by atoms with E-state index >= 15 is 0 Å². The molecule has 0 atom stereocenters. The van der Waals surface area contributed by atoms with E-state index in [0.717, 1.165) is 27.6 Å². The van der Waals surface area contributed by atoms with Crippen molar-refractivity contribution in [1.29, 1.82) is 0 Å². The number of para-hydroxylation sites is 1. The van der Waals surface area contributed by atoms with Crippen molar-refractivity contribution in [3.05, 3.63) is 110 Å². The highest BCUT2D eigenvalue weighted by Crippen LogP contribution is 2.26. The van der Waals surface area contributed by atoms with Gasteiger partial charge in [0.25, 0.3) is 0 Å². The van der Waals surface area contributed by atoms with E-state index in [0.29, 0.717) is 23.3 Å². The van der Waals surface area contributed by atoms with Gasteiger partial charge in [-0.25, -0.2) is 9.36 Å². The van der Waals surface area contributed by atoms with Gasteiger partial charge < -0.3 is 4.42 Å². The number of fused-ring (bicyclic) bond motifs is 3. The van der Waals surface area contributed by atoms with Crippen LogP contribution in [0.15, 0.2) is 80.7 Å². The highest BCUT2D eigenvalue weighted by Gasteiger charge is 2.21. The first-order valence-electron chi connectivity index (χ1n) is 10.2. The van der Waals surface area contributed by atoms with Gasteiger partial charge in [0.15, 0.2) is 0 Å². The van der Waals surface area contributed by atoms with Crippen LogP contribution in [0.3, 0.4) is 0 Å². The molecule has 0 unspecified atom stereocenters. The molecule has 5 aromatic rings. The molecular formula is C26H22N2O3. The molecule has 0 saturated heterocycles. The Labute approximate surface area is 178 Å². The van der Waals surface area contributed by atoms with Gasteiger partial charge >= 0.3 is 11.2 Å². The predicted octanol–water partition coefficient (Wildman–Crippen LogP) is 4.87. The molecule has 0 radical (unpaired) electrons. The SMILES string of the molecule is Cc1ccc(Cn2c(=O)n(-c3ccc(C)c(C)c3)c(=O)c3oc4ccccc4c32)cc1. The third kappa shape index (κ3) is 3.10. The summed E-state index contributed by atoms with van der Waals surface area (Å²) in [6, 6.07) is 21.1. The molecule has 2 heterocycles. The Morgan fingerprint density at radius 1 is 0.839 bits per heavy atom. The summed E-state index contributed by atoms with van der Waals surface area (Å²) in [7, 11) is 0. The summed E-state index contributed by atoms with van der Waals surface area (Å²) >= 11 is 0. The topological polar surface area (TPSA) is 57.1 Å². The molecule has 0 spiro atoms. The first-order valence-corrected chi connectivity index (χ1v) is 10.2. The summed E-state index contributed by atoms with van der Waals surface area (Å²) in [6.45, 7) is 6.33. The van der Waals surface area contributed by atoms with Gasteiger partial charge in [0.1, 0.15) is 11.1 Å². The Hall–Kier alpha value is -3.86. The second-order valence-corrected chi connectivity index (χ2v) is 8.04. The first-order chi connectivity index (χ1) is 14.9. The monoisotopic (exact) mass is 410 g/mol. The first kappa shape index (κ1) is 19.1. The van der Waals surface area contributed by atoms with E-state index in [9.17, 15) is 9.59 Å². The van der Waals surface area contributed by atoms with Gasteiger partial charge in [-0.1, -0.05) is 48.0 Å². The van der Waals surface area contributed by atoms with E-state index in [4.69, 9.17) is 4.42 Å². The van der Waals surface area contributed by atoms with Crippen LogP contribution in [0.5, 0.6) is 0 Å². The van der Waals surface area contributed by atoms with Crippen LogP contribution >= 0.6 is 0 Å². The summed E-state index contributed by atoms with van der Waals surface area (Å²) in [6.07, 6.45) is 0. The summed E-state index contributed by atoms with van der Waals surface area (Å²) in [5.41, 5.74) is 5.26. The molecule has 5 nitrogen and oxygen atoms in total. The number of rotatable bonds is 3. The maximum absolute atomic E-state index is 13.7. The number of aryl methyl sites for hydroxylation is 3. The average molecular weight is 410 g/mol. The second kappa shape index (κ2) is 7.13. The summed E-state index contributed by atoms with van der Waals surface area (Å²) in [4.78, 5) is 27.1. The smallest absolute Gasteiger partial charge is 0.336 e. The molecule has 0 N–H and O–H groups in total. The fourth-order valence-corrected chi connectivity index (χ4v) is 3.96. The van der Waals surface area contributed by atoms with Crippen molar-refractivity contribution in [3.63, 3.8) is 0 Å². The third-order valence-electron chi connectivity index (χ3n) is 5.87. The number of benzene rings is 3. The van der Waals surface area contributed by atoms with E-state index in [1.54, 1.807) is 10.6 Å². The molecule has 31 heavy (non-hydrogen) atoms. The fraction of sp³-hybridized carbons (Fsp3) is 0.154. The molecule has 3 aromatic carbocycles. The van der Waals surface area contributed by atoms with Gasteiger partial charge in [-0.3, -0.25) is 9.36 Å². The molecule has 0 fully saturated rings. The highest BCUT2D eigenvalue weighted by atomic mass is 16.3. The van der Waals surface area contributed by atoms with Gasteiger partial charge in [0.2, 0.25) is 5.58 Å². The van der Waals surface area contributed by atoms with Gasteiger partial charge in [0.05, 0.1) is 12.2 Å². The lowest BCUT2D eigenvalue weighted by molar-refractivity contribution is 0.638. The Morgan fingerprint density at radius 3 is 2.32 bits per heavy atom. The third-order valence-corrected chi connectivity index (χ3v) is 5.87. The zero-order valence-electron chi connectivity index (χ0n) is 17.7. The zero-order valence-corrected chi connectivity index (χ0v) is 17.7. The van der Waals surface area contributed by atoms with Crippen LogP contribution in [-0.2, 0) is 6.54 Å². The minimum Gasteiger partial charge on any atom is -0.449 e. The molecule has 5 heteroatoms. The number of hydrogen-bond donors (Lipinski definition) is 0. The molecule has 0 aliphatic heterocycles. The fourth-order valence-electron chi connectivity index (χ4n) is 3.96. The lowest BCUT2D eigenvalue weighted by atomic mass is 10.1. The molecule has 0 aliphatic rings. The van der Waals surface area contributed by atoms with Gasteiger partial charge in [-0.2, -0.15) is 0 Å². The van der Waals surface area contributed by atoms with Crippen molar-refractivity contribution in [2.45, 2.75) is 27.3 Å². The van der Waals surface area contributed by atoms with Crippen molar-refractivity contribution in [3.8, 4) is 5.69 Å². The summed E-state index contributed by atoms with van der Waals surface area (Å²) in [5.74, 6) is 0. The van der Waals surface area contributed by atoms with Crippen LogP contribution in [0.1, 0.15) is 22.3 Å². The van der Waals surface area contributed by atoms with Crippen LogP contribution in [-0.4, -0.2) is 9.13 Å². The molecule has 154 valence electrons. The van der Waals surface area contributed by atoms with Crippen molar-refractivity contribution in [2.24, 2.45) is 0 Å². The van der Waals surface area contributed by atoms with E-state index in [1.807, 2.05) is 81.4 Å². The molecule has 2 aromatic heterocycles. The van der Waals surface area contributed by atoms with Crippen LogP contribution in [0.4, 0.5) is 0 Å². The van der Waals surface area contributed by atoms with E-state index < -0.39 is 5.56 Å². The van der Waals surface area contributed by atoms with Crippen LogP contribution in [0.25, 0.3) is 27.8 Å². The molecule has 5 rings (SSSR count). The molecule has 0 aliphatic carbocycles. The maximum Gasteiger partial charge on any atom is 0.336 e. The molecule has 0 saturated carbocycles. The van der Waals surface area contributed by atoms with E-state index in [-0.39, 0.29) is 11.3 Å². The minimum absolute atomic E-state index is 0.186. The number of furan rings is 1. The Bertz CT molecular complexity index is 1570. The minimum atomic E-state index is -0.445.